The molecule has 0 aliphatic carbocycles. The second-order valence-electron chi connectivity index (χ2n) is 3.41. The maximum absolute atomic E-state index is 10.9. The second-order valence-corrected chi connectivity index (χ2v) is 3.41. The van der Waals surface area contributed by atoms with Gasteiger partial charge in [0.1, 0.15) is 6.20 Å². The van der Waals surface area contributed by atoms with E-state index in [2.05, 4.69) is 15.0 Å². The Hall–Kier alpha value is -2.57. The van der Waals surface area contributed by atoms with Gasteiger partial charge in [0.05, 0.1) is 4.92 Å². The molecule has 0 unspecified atom stereocenters. The molecule has 2 heterocycles. The number of aryl methyl sites for hydroxylation is 1. The van der Waals surface area contributed by atoms with E-state index in [-0.39, 0.29) is 17.3 Å². The lowest BCUT2D eigenvalue weighted by molar-refractivity contribution is -0.384. The molecule has 0 amide bonds. The molecule has 2 aromatic heterocycles. The van der Waals surface area contributed by atoms with Gasteiger partial charge in [-0.3, -0.25) is 15.1 Å². The number of nitrogen functional groups attached to an aromatic ring is 1. The van der Waals surface area contributed by atoms with Crippen LogP contribution in [0.5, 0.6) is 0 Å². The van der Waals surface area contributed by atoms with Crippen molar-refractivity contribution in [1.29, 1.82) is 0 Å². The molecular formula is C10H9N5O2. The number of aromatic nitrogens is 3. The Morgan fingerprint density at radius 3 is 2.82 bits per heavy atom. The summed E-state index contributed by atoms with van der Waals surface area (Å²) in [7, 11) is 0. The third-order valence-corrected chi connectivity index (χ3v) is 2.28. The molecular weight excluding hydrogens is 222 g/mol. The highest BCUT2D eigenvalue weighted by Gasteiger charge is 2.19. The van der Waals surface area contributed by atoms with Gasteiger partial charge in [-0.2, -0.15) is 0 Å². The Bertz CT molecular complexity index is 585. The summed E-state index contributed by atoms with van der Waals surface area (Å²) in [5.74, 6) is -0.00569. The van der Waals surface area contributed by atoms with Crippen molar-refractivity contribution in [1.82, 2.24) is 15.0 Å². The minimum absolute atomic E-state index is 0.00569. The van der Waals surface area contributed by atoms with Crippen LogP contribution in [0.4, 0.5) is 11.6 Å². The quantitative estimate of drug-likeness (QED) is 0.617. The molecule has 0 aliphatic rings. The molecule has 0 aliphatic heterocycles. The lowest BCUT2D eigenvalue weighted by Gasteiger charge is -2.05. The topological polar surface area (TPSA) is 108 Å². The van der Waals surface area contributed by atoms with Gasteiger partial charge in [0.25, 0.3) is 0 Å². The smallest absolute Gasteiger partial charge is 0.313 e. The number of pyridine rings is 1. The predicted octanol–water partition coefficient (Wildman–Crippen LogP) is 1.34. The van der Waals surface area contributed by atoms with Crippen molar-refractivity contribution < 1.29 is 4.92 Å². The fraction of sp³-hybridized carbons (Fsp3) is 0.100. The first-order chi connectivity index (χ1) is 8.09. The first-order valence-corrected chi connectivity index (χ1v) is 4.77. The van der Waals surface area contributed by atoms with E-state index in [1.807, 2.05) is 6.92 Å². The van der Waals surface area contributed by atoms with E-state index >= 15 is 0 Å². The van der Waals surface area contributed by atoms with Gasteiger partial charge in [0.2, 0.25) is 5.95 Å². The molecule has 0 radical (unpaired) electrons. The summed E-state index contributed by atoms with van der Waals surface area (Å²) in [6.07, 6.45) is 4.23. The van der Waals surface area contributed by atoms with Gasteiger partial charge in [-0.25, -0.2) is 9.97 Å². The zero-order chi connectivity index (χ0) is 12.4. The van der Waals surface area contributed by atoms with Crippen molar-refractivity contribution in [2.24, 2.45) is 0 Å². The molecule has 0 spiro atoms. The van der Waals surface area contributed by atoms with Crippen LogP contribution in [0.25, 0.3) is 11.3 Å². The van der Waals surface area contributed by atoms with Gasteiger partial charge < -0.3 is 5.73 Å². The number of anilines is 1. The molecule has 86 valence electrons. The molecule has 17 heavy (non-hydrogen) atoms. The van der Waals surface area contributed by atoms with Gasteiger partial charge >= 0.3 is 5.69 Å². The van der Waals surface area contributed by atoms with Crippen LogP contribution in [-0.2, 0) is 0 Å². The number of rotatable bonds is 2. The van der Waals surface area contributed by atoms with Gasteiger partial charge in [-0.15, -0.1) is 0 Å². The summed E-state index contributed by atoms with van der Waals surface area (Å²) in [6, 6.07) is 1.75. The largest absolute Gasteiger partial charge is 0.368 e. The van der Waals surface area contributed by atoms with E-state index in [0.717, 1.165) is 11.8 Å². The van der Waals surface area contributed by atoms with E-state index in [4.69, 9.17) is 5.73 Å². The molecule has 2 aromatic rings. The molecule has 7 nitrogen and oxygen atoms in total. The summed E-state index contributed by atoms with van der Waals surface area (Å²) in [6.45, 7) is 1.82. The summed E-state index contributed by atoms with van der Waals surface area (Å²) >= 11 is 0. The van der Waals surface area contributed by atoms with Crippen LogP contribution in [0.1, 0.15) is 5.56 Å². The Kier molecular flexibility index (Phi) is 2.65. The molecule has 0 saturated heterocycles. The maximum Gasteiger partial charge on any atom is 0.313 e. The molecule has 2 N–H and O–H groups in total. The SMILES string of the molecule is Cc1ccncc1-c1nc(N)ncc1[N+](=O)[O-]. The van der Waals surface area contributed by atoms with Crippen molar-refractivity contribution in [2.45, 2.75) is 6.92 Å². The van der Waals surface area contributed by atoms with Crippen LogP contribution in [-0.4, -0.2) is 19.9 Å². The van der Waals surface area contributed by atoms with Crippen molar-refractivity contribution >= 4 is 11.6 Å². The minimum atomic E-state index is -0.540. The van der Waals surface area contributed by atoms with Gasteiger partial charge in [-0.05, 0) is 18.6 Å². The highest BCUT2D eigenvalue weighted by molar-refractivity contribution is 5.71. The number of nitro groups is 1. The highest BCUT2D eigenvalue weighted by Crippen LogP contribution is 2.29. The summed E-state index contributed by atoms with van der Waals surface area (Å²) < 4.78 is 0. The van der Waals surface area contributed by atoms with E-state index in [1.165, 1.54) is 6.20 Å². The van der Waals surface area contributed by atoms with Gasteiger partial charge in [-0.1, -0.05) is 0 Å². The molecule has 0 atom stereocenters. The van der Waals surface area contributed by atoms with Crippen LogP contribution in [0.3, 0.4) is 0 Å². The zero-order valence-corrected chi connectivity index (χ0v) is 8.99. The van der Waals surface area contributed by atoms with Crippen molar-refractivity contribution in [3.63, 3.8) is 0 Å². The van der Waals surface area contributed by atoms with E-state index in [0.29, 0.717) is 5.56 Å². The van der Waals surface area contributed by atoms with E-state index < -0.39 is 4.92 Å². The predicted molar refractivity (Wildman–Crippen MR) is 61.1 cm³/mol. The highest BCUT2D eigenvalue weighted by atomic mass is 16.6. The number of nitrogens with zero attached hydrogens (tertiary/aromatic N) is 4. The van der Waals surface area contributed by atoms with Crippen molar-refractivity contribution in [3.8, 4) is 11.3 Å². The minimum Gasteiger partial charge on any atom is -0.368 e. The van der Waals surface area contributed by atoms with E-state index in [1.54, 1.807) is 12.3 Å². The Labute approximate surface area is 96.5 Å². The Morgan fingerprint density at radius 1 is 1.41 bits per heavy atom. The number of hydrogen-bond acceptors (Lipinski definition) is 6. The average molecular weight is 231 g/mol. The Morgan fingerprint density at radius 2 is 2.18 bits per heavy atom. The first-order valence-electron chi connectivity index (χ1n) is 4.77. The average Bonchev–Trinajstić information content (AvgIpc) is 2.29. The molecule has 0 aromatic carbocycles. The van der Waals surface area contributed by atoms with Crippen LogP contribution < -0.4 is 5.73 Å². The Balaban J connectivity index is 2.70. The molecule has 0 fully saturated rings. The van der Waals surface area contributed by atoms with Gasteiger partial charge in [0.15, 0.2) is 5.69 Å². The zero-order valence-electron chi connectivity index (χ0n) is 8.99. The third-order valence-electron chi connectivity index (χ3n) is 2.28. The molecule has 2 rings (SSSR count). The lowest BCUT2D eigenvalue weighted by atomic mass is 10.1. The van der Waals surface area contributed by atoms with Crippen molar-refractivity contribution in [2.75, 3.05) is 5.73 Å². The van der Waals surface area contributed by atoms with Gasteiger partial charge in [0, 0.05) is 18.0 Å². The van der Waals surface area contributed by atoms with Crippen molar-refractivity contribution in [3.05, 3.63) is 40.3 Å². The maximum atomic E-state index is 10.9. The van der Waals surface area contributed by atoms with Crippen LogP contribution >= 0.6 is 0 Å². The lowest BCUT2D eigenvalue weighted by Crippen LogP contribution is -2.02. The fourth-order valence-electron chi connectivity index (χ4n) is 1.43. The molecule has 0 saturated carbocycles. The molecule has 7 heteroatoms. The van der Waals surface area contributed by atoms with E-state index in [9.17, 15) is 10.1 Å². The number of nitrogens with two attached hydrogens (primary N) is 1. The summed E-state index contributed by atoms with van der Waals surface area (Å²) in [5.41, 5.74) is 6.86. The monoisotopic (exact) mass is 231 g/mol. The second kappa shape index (κ2) is 4.12. The summed E-state index contributed by atoms with van der Waals surface area (Å²) in [5, 5.41) is 10.9. The normalized spacial score (nSPS) is 10.2. The fourth-order valence-corrected chi connectivity index (χ4v) is 1.43. The molecule has 0 bridgehead atoms. The third kappa shape index (κ3) is 2.03. The number of hydrogen-bond donors (Lipinski definition) is 1. The first kappa shape index (κ1) is 10.9. The standard InChI is InChI=1S/C10H9N5O2/c1-6-2-3-12-4-7(6)9-8(15(16)17)5-13-10(11)14-9/h2-5H,1H3,(H2,11,13,14). The summed E-state index contributed by atoms with van der Waals surface area (Å²) in [4.78, 5) is 21.8. The van der Waals surface area contributed by atoms with Crippen LogP contribution in [0, 0.1) is 17.0 Å². The van der Waals surface area contributed by atoms with Crippen LogP contribution in [0.15, 0.2) is 24.7 Å². The van der Waals surface area contributed by atoms with Crippen LogP contribution in [0.2, 0.25) is 0 Å².